The summed E-state index contributed by atoms with van der Waals surface area (Å²) in [5.41, 5.74) is 0. The Morgan fingerprint density at radius 3 is 1.92 bits per heavy atom. The van der Waals surface area contributed by atoms with Gasteiger partial charge in [-0.15, -0.1) is 0 Å². The number of aliphatic hydroxyl groups excluding tert-OH is 3. The van der Waals surface area contributed by atoms with Crippen molar-refractivity contribution < 1.29 is 20.1 Å². The third kappa shape index (κ3) is 6.95. The first-order valence-corrected chi connectivity index (χ1v) is 4.62. The highest BCUT2D eigenvalue weighted by atomic mass is 16.6. The molecule has 3 atom stereocenters. The van der Waals surface area contributed by atoms with Crippen molar-refractivity contribution in [2.75, 3.05) is 13.7 Å². The first-order valence-electron chi connectivity index (χ1n) is 4.62. The molecule has 1 aliphatic heterocycles. The minimum absolute atomic E-state index is 0.364. The van der Waals surface area contributed by atoms with Crippen LogP contribution in [0.25, 0.3) is 0 Å². The summed E-state index contributed by atoms with van der Waals surface area (Å²) in [5.74, 6) is 0.364. The van der Waals surface area contributed by atoms with Crippen LogP contribution in [-0.2, 0) is 4.74 Å². The summed E-state index contributed by atoms with van der Waals surface area (Å²) in [6, 6.07) is 0. The SMILES string of the molecule is CC.CC1COC(O)C(O)C1.CO. The molecule has 1 rings (SSSR count). The van der Waals surface area contributed by atoms with Crippen LogP contribution < -0.4 is 0 Å². The first-order chi connectivity index (χ1) is 6.20. The highest BCUT2D eigenvalue weighted by Crippen LogP contribution is 2.16. The van der Waals surface area contributed by atoms with Crippen molar-refractivity contribution in [1.29, 1.82) is 0 Å². The summed E-state index contributed by atoms with van der Waals surface area (Å²) < 4.78 is 4.81. The van der Waals surface area contributed by atoms with Gasteiger partial charge in [-0.25, -0.2) is 0 Å². The van der Waals surface area contributed by atoms with Crippen LogP contribution in [0.15, 0.2) is 0 Å². The fourth-order valence-corrected chi connectivity index (χ4v) is 0.971. The molecule has 1 saturated heterocycles. The summed E-state index contributed by atoms with van der Waals surface area (Å²) in [7, 11) is 1.00. The number of hydrogen-bond donors (Lipinski definition) is 3. The van der Waals surface area contributed by atoms with E-state index in [1.807, 2.05) is 20.8 Å². The maximum atomic E-state index is 8.97. The number of hydrogen-bond acceptors (Lipinski definition) is 4. The highest BCUT2D eigenvalue weighted by Gasteiger charge is 2.25. The van der Waals surface area contributed by atoms with E-state index in [1.165, 1.54) is 0 Å². The Hall–Kier alpha value is -0.160. The maximum Gasteiger partial charge on any atom is 0.180 e. The first kappa shape index (κ1) is 15.3. The molecule has 0 amide bonds. The minimum Gasteiger partial charge on any atom is -0.400 e. The summed E-state index contributed by atoms with van der Waals surface area (Å²) in [4.78, 5) is 0. The van der Waals surface area contributed by atoms with Gasteiger partial charge in [-0.05, 0) is 12.3 Å². The molecule has 0 aliphatic carbocycles. The lowest BCUT2D eigenvalue weighted by molar-refractivity contribution is -0.198. The van der Waals surface area contributed by atoms with Gasteiger partial charge in [0.05, 0.1) is 6.61 Å². The molecule has 4 nitrogen and oxygen atoms in total. The zero-order valence-electron chi connectivity index (χ0n) is 8.90. The molecular weight excluding hydrogens is 172 g/mol. The maximum absolute atomic E-state index is 8.97. The van der Waals surface area contributed by atoms with Crippen molar-refractivity contribution in [3.63, 3.8) is 0 Å². The average molecular weight is 194 g/mol. The Bertz CT molecular complexity index is 97.6. The molecule has 0 spiro atoms. The standard InChI is InChI=1S/C6H12O3.C2H6.CH4O/c1-4-2-5(7)6(8)9-3-4;2*1-2/h4-8H,2-3H2,1H3;1-2H3;2H,1H3. The van der Waals surface area contributed by atoms with Crippen LogP contribution in [0.2, 0.25) is 0 Å². The van der Waals surface area contributed by atoms with Crippen molar-refractivity contribution in [2.45, 2.75) is 39.6 Å². The van der Waals surface area contributed by atoms with E-state index in [-0.39, 0.29) is 0 Å². The Kier molecular flexibility index (Phi) is 11.7. The molecule has 1 fully saturated rings. The van der Waals surface area contributed by atoms with E-state index < -0.39 is 12.4 Å². The lowest BCUT2D eigenvalue weighted by atomic mass is 10.0. The van der Waals surface area contributed by atoms with Gasteiger partial charge in [0.1, 0.15) is 6.10 Å². The van der Waals surface area contributed by atoms with Crippen molar-refractivity contribution in [2.24, 2.45) is 5.92 Å². The van der Waals surface area contributed by atoms with E-state index >= 15 is 0 Å². The van der Waals surface area contributed by atoms with Crippen molar-refractivity contribution in [3.05, 3.63) is 0 Å². The van der Waals surface area contributed by atoms with Crippen LogP contribution in [0.4, 0.5) is 0 Å². The smallest absolute Gasteiger partial charge is 0.180 e. The molecule has 0 saturated carbocycles. The molecule has 13 heavy (non-hydrogen) atoms. The quantitative estimate of drug-likeness (QED) is 0.520. The van der Waals surface area contributed by atoms with Gasteiger partial charge in [-0.1, -0.05) is 20.8 Å². The second-order valence-corrected chi connectivity index (χ2v) is 2.63. The zero-order chi connectivity index (χ0) is 10.9. The third-order valence-corrected chi connectivity index (χ3v) is 1.52. The van der Waals surface area contributed by atoms with Gasteiger partial charge in [0.15, 0.2) is 6.29 Å². The van der Waals surface area contributed by atoms with Crippen LogP contribution in [0.1, 0.15) is 27.2 Å². The Labute approximate surface area is 80.2 Å². The van der Waals surface area contributed by atoms with Gasteiger partial charge < -0.3 is 20.1 Å². The lowest BCUT2D eigenvalue weighted by Gasteiger charge is -2.27. The van der Waals surface area contributed by atoms with E-state index in [9.17, 15) is 0 Å². The van der Waals surface area contributed by atoms with Crippen LogP contribution in [0.3, 0.4) is 0 Å². The van der Waals surface area contributed by atoms with Crippen molar-refractivity contribution in [3.8, 4) is 0 Å². The lowest BCUT2D eigenvalue weighted by Crippen LogP contribution is -2.37. The molecule has 3 unspecified atom stereocenters. The fraction of sp³-hybridized carbons (Fsp3) is 1.00. The van der Waals surface area contributed by atoms with Gasteiger partial charge in [0, 0.05) is 7.11 Å². The largest absolute Gasteiger partial charge is 0.400 e. The summed E-state index contributed by atoms with van der Waals surface area (Å²) in [6.07, 6.45) is -1.00. The second kappa shape index (κ2) is 9.92. The van der Waals surface area contributed by atoms with Gasteiger partial charge in [0.25, 0.3) is 0 Å². The fourth-order valence-electron chi connectivity index (χ4n) is 0.971. The predicted octanol–water partition coefficient (Wildman–Crippen LogP) is 0.357. The summed E-state index contributed by atoms with van der Waals surface area (Å²) in [6.45, 7) is 6.54. The number of ether oxygens (including phenoxy) is 1. The normalized spacial score (nSPS) is 32.1. The molecule has 0 aromatic heterocycles. The molecular formula is C9H22O4. The number of rotatable bonds is 0. The van der Waals surface area contributed by atoms with Gasteiger partial charge in [-0.3, -0.25) is 0 Å². The summed E-state index contributed by atoms with van der Waals surface area (Å²) in [5, 5.41) is 24.8. The van der Waals surface area contributed by atoms with E-state index in [0.29, 0.717) is 18.9 Å². The van der Waals surface area contributed by atoms with E-state index in [2.05, 4.69) is 0 Å². The molecule has 4 heteroatoms. The second-order valence-electron chi connectivity index (χ2n) is 2.63. The molecule has 0 radical (unpaired) electrons. The summed E-state index contributed by atoms with van der Waals surface area (Å²) >= 11 is 0. The predicted molar refractivity (Wildman–Crippen MR) is 51.2 cm³/mol. The van der Waals surface area contributed by atoms with Crippen molar-refractivity contribution in [1.82, 2.24) is 0 Å². The molecule has 0 aromatic carbocycles. The Morgan fingerprint density at radius 1 is 1.15 bits per heavy atom. The zero-order valence-corrected chi connectivity index (χ0v) is 8.90. The molecule has 1 heterocycles. The third-order valence-electron chi connectivity index (χ3n) is 1.52. The molecule has 0 aromatic rings. The van der Waals surface area contributed by atoms with Crippen LogP contribution in [0.5, 0.6) is 0 Å². The highest BCUT2D eigenvalue weighted by molar-refractivity contribution is 4.68. The molecule has 82 valence electrons. The Morgan fingerprint density at radius 2 is 1.62 bits per heavy atom. The van der Waals surface area contributed by atoms with E-state index in [0.717, 1.165) is 7.11 Å². The topological polar surface area (TPSA) is 69.9 Å². The van der Waals surface area contributed by atoms with E-state index in [1.54, 1.807) is 0 Å². The monoisotopic (exact) mass is 194 g/mol. The van der Waals surface area contributed by atoms with Gasteiger partial charge in [-0.2, -0.15) is 0 Å². The molecule has 3 N–H and O–H groups in total. The minimum atomic E-state index is -0.957. The van der Waals surface area contributed by atoms with Crippen molar-refractivity contribution >= 4 is 0 Å². The number of aliphatic hydroxyl groups is 3. The van der Waals surface area contributed by atoms with Crippen LogP contribution >= 0.6 is 0 Å². The molecule has 0 bridgehead atoms. The van der Waals surface area contributed by atoms with Crippen LogP contribution in [0, 0.1) is 5.92 Å². The van der Waals surface area contributed by atoms with Gasteiger partial charge >= 0.3 is 0 Å². The molecule has 1 aliphatic rings. The Balaban J connectivity index is 0. The average Bonchev–Trinajstić information content (AvgIpc) is 2.18. The van der Waals surface area contributed by atoms with Gasteiger partial charge in [0.2, 0.25) is 0 Å². The van der Waals surface area contributed by atoms with Crippen LogP contribution in [-0.4, -0.2) is 41.4 Å². The van der Waals surface area contributed by atoms with E-state index in [4.69, 9.17) is 20.1 Å².